The number of rotatable bonds is 6. The summed E-state index contributed by atoms with van der Waals surface area (Å²) in [6.45, 7) is 1.11. The van der Waals surface area contributed by atoms with Gasteiger partial charge in [-0.1, -0.05) is 48.5 Å². The van der Waals surface area contributed by atoms with Crippen molar-refractivity contribution >= 4 is 21.9 Å². The van der Waals surface area contributed by atoms with Crippen LogP contribution >= 0.6 is 11.8 Å². The third-order valence-corrected chi connectivity index (χ3v) is 5.08. The van der Waals surface area contributed by atoms with Crippen LogP contribution in [-0.2, 0) is 16.7 Å². The van der Waals surface area contributed by atoms with Crippen molar-refractivity contribution in [2.75, 3.05) is 14.1 Å². The predicted octanol–water partition coefficient (Wildman–Crippen LogP) is 2.84. The Morgan fingerprint density at radius 2 is 1.37 bits per heavy atom. The minimum atomic E-state index is -6.43. The van der Waals surface area contributed by atoms with Crippen LogP contribution in [0, 0.1) is 0 Å². The maximum Gasteiger partial charge on any atom is 0.406 e. The lowest BCUT2D eigenvalue weighted by Gasteiger charge is -2.27. The fourth-order valence-corrected chi connectivity index (χ4v) is 3.28. The standard InChI is InChI=1S/C9H13N.C8H6F4O3S2/c1-10(2)8-9-6-4-3-5-7-9;9-7(10,8(11,12)17(13,14)15)16-6-4-2-1-3-5-6/h3-7H,8H2,1-2H3;1-5H,(H,13,14,15). The highest BCUT2D eigenvalue weighted by molar-refractivity contribution is 8.01. The van der Waals surface area contributed by atoms with E-state index < -0.39 is 32.4 Å². The van der Waals surface area contributed by atoms with Gasteiger partial charge in [-0.25, -0.2) is 8.42 Å². The van der Waals surface area contributed by atoms with Gasteiger partial charge in [-0.05, 0) is 23.9 Å². The van der Waals surface area contributed by atoms with Gasteiger partial charge >= 0.3 is 10.5 Å². The Morgan fingerprint density at radius 1 is 0.926 bits per heavy atom. The average molecular weight is 425 g/mol. The van der Waals surface area contributed by atoms with Crippen LogP contribution in [0.2, 0.25) is 0 Å². The van der Waals surface area contributed by atoms with Crippen molar-refractivity contribution in [2.45, 2.75) is 21.9 Å². The predicted molar refractivity (Wildman–Crippen MR) is 94.8 cm³/mol. The second-order valence-corrected chi connectivity index (χ2v) is 8.38. The lowest BCUT2D eigenvalue weighted by Crippen LogP contribution is -3.04. The van der Waals surface area contributed by atoms with Crippen molar-refractivity contribution in [1.29, 1.82) is 0 Å². The van der Waals surface area contributed by atoms with E-state index in [1.807, 2.05) is 0 Å². The second-order valence-electron chi connectivity index (χ2n) is 5.77. The highest BCUT2D eigenvalue weighted by atomic mass is 32.2. The van der Waals surface area contributed by atoms with Crippen molar-refractivity contribution in [3.8, 4) is 0 Å². The van der Waals surface area contributed by atoms with E-state index in [1.54, 1.807) is 0 Å². The zero-order valence-electron chi connectivity index (χ0n) is 14.5. The summed E-state index contributed by atoms with van der Waals surface area (Å²) in [7, 11) is -2.11. The van der Waals surface area contributed by atoms with Gasteiger partial charge < -0.3 is 9.45 Å². The molecule has 1 N–H and O–H groups in total. The molecule has 2 rings (SSSR count). The van der Waals surface area contributed by atoms with E-state index in [-0.39, 0.29) is 4.90 Å². The number of alkyl halides is 4. The Morgan fingerprint density at radius 3 is 1.78 bits per heavy atom. The molecule has 0 aromatic heterocycles. The van der Waals surface area contributed by atoms with Crippen LogP contribution in [-0.4, -0.2) is 37.6 Å². The molecule has 0 aliphatic rings. The molecule has 150 valence electrons. The summed E-state index contributed by atoms with van der Waals surface area (Å²) in [5.74, 6) is 0. The maximum atomic E-state index is 13.0. The summed E-state index contributed by atoms with van der Waals surface area (Å²) >= 11 is -0.683. The number of quaternary nitrogens is 1. The number of thioether (sulfide) groups is 1. The molecule has 2 aromatic rings. The number of benzene rings is 2. The Labute approximate surface area is 159 Å². The maximum absolute atomic E-state index is 13.0. The van der Waals surface area contributed by atoms with Crippen LogP contribution in [0.15, 0.2) is 65.6 Å². The number of hydrogen-bond donors (Lipinski definition) is 1. The van der Waals surface area contributed by atoms with Crippen LogP contribution in [0.4, 0.5) is 17.6 Å². The highest BCUT2D eigenvalue weighted by Gasteiger charge is 2.62. The summed E-state index contributed by atoms with van der Waals surface area (Å²) < 4.78 is 81.8. The van der Waals surface area contributed by atoms with Gasteiger partial charge in [0.05, 0.1) is 14.1 Å². The summed E-state index contributed by atoms with van der Waals surface area (Å²) in [5.41, 5.74) is 1.41. The van der Waals surface area contributed by atoms with Crippen molar-refractivity contribution in [3.63, 3.8) is 0 Å². The molecule has 0 spiro atoms. The Hall–Kier alpha value is -1.62. The van der Waals surface area contributed by atoms with Gasteiger partial charge in [0.2, 0.25) is 0 Å². The van der Waals surface area contributed by atoms with Gasteiger partial charge in [-0.15, -0.1) is 0 Å². The van der Waals surface area contributed by atoms with Crippen LogP contribution in [0.1, 0.15) is 5.56 Å². The molecule has 0 heterocycles. The first kappa shape index (κ1) is 23.4. The zero-order valence-corrected chi connectivity index (χ0v) is 16.2. The summed E-state index contributed by atoms with van der Waals surface area (Å²) in [6, 6.07) is 16.8. The van der Waals surface area contributed by atoms with Gasteiger partial charge in [0, 0.05) is 10.5 Å². The molecular formula is C17H19F4NO3S2. The molecule has 0 unspecified atom stereocenters. The minimum Gasteiger partial charge on any atom is -0.743 e. The molecular weight excluding hydrogens is 406 g/mol. The molecule has 0 atom stereocenters. The lowest BCUT2D eigenvalue weighted by atomic mass is 10.2. The van der Waals surface area contributed by atoms with E-state index >= 15 is 0 Å². The molecule has 0 aliphatic carbocycles. The Bertz CT molecular complexity index is 801. The third kappa shape index (κ3) is 7.13. The van der Waals surface area contributed by atoms with Crippen LogP contribution in [0.5, 0.6) is 0 Å². The molecule has 2 aromatic carbocycles. The van der Waals surface area contributed by atoms with Crippen LogP contribution in [0.25, 0.3) is 0 Å². The molecule has 27 heavy (non-hydrogen) atoms. The molecule has 0 saturated carbocycles. The molecule has 0 bridgehead atoms. The first-order chi connectivity index (χ1) is 12.4. The zero-order chi connectivity index (χ0) is 20.7. The number of hydrogen-bond acceptors (Lipinski definition) is 4. The third-order valence-electron chi connectivity index (χ3n) is 3.04. The molecule has 0 fully saturated rings. The van der Waals surface area contributed by atoms with E-state index in [0.717, 1.165) is 18.7 Å². The van der Waals surface area contributed by atoms with E-state index in [9.17, 15) is 30.5 Å². The average Bonchev–Trinajstić information content (AvgIpc) is 2.55. The molecule has 10 heteroatoms. The normalized spacial score (nSPS) is 12.4. The van der Waals surface area contributed by atoms with Crippen LogP contribution < -0.4 is 4.90 Å². The Balaban J connectivity index is 0.000000309. The molecule has 4 nitrogen and oxygen atoms in total. The van der Waals surface area contributed by atoms with Crippen molar-refractivity contribution < 1.29 is 35.4 Å². The van der Waals surface area contributed by atoms with E-state index in [4.69, 9.17) is 0 Å². The van der Waals surface area contributed by atoms with Crippen molar-refractivity contribution in [3.05, 3.63) is 66.2 Å². The number of nitrogens with one attached hydrogen (secondary N) is 1. The Kier molecular flexibility index (Phi) is 8.27. The van der Waals surface area contributed by atoms with Crippen LogP contribution in [0.3, 0.4) is 0 Å². The summed E-state index contributed by atoms with van der Waals surface area (Å²) in [4.78, 5) is 1.19. The largest absolute Gasteiger partial charge is 0.743 e. The number of halogens is 4. The lowest BCUT2D eigenvalue weighted by molar-refractivity contribution is -0.872. The van der Waals surface area contributed by atoms with Crippen molar-refractivity contribution in [2.24, 2.45) is 0 Å². The van der Waals surface area contributed by atoms with Gasteiger partial charge in [0.25, 0.3) is 0 Å². The van der Waals surface area contributed by atoms with E-state index in [0.29, 0.717) is 0 Å². The summed E-state index contributed by atoms with van der Waals surface area (Å²) in [6.07, 6.45) is 0. The minimum absolute atomic E-state index is 0.277. The van der Waals surface area contributed by atoms with Gasteiger partial charge in [0.15, 0.2) is 10.1 Å². The van der Waals surface area contributed by atoms with Gasteiger partial charge in [-0.2, -0.15) is 17.6 Å². The highest BCUT2D eigenvalue weighted by Crippen LogP contribution is 2.48. The van der Waals surface area contributed by atoms with Gasteiger partial charge in [-0.3, -0.25) is 0 Å². The molecule has 0 aliphatic heterocycles. The monoisotopic (exact) mass is 425 g/mol. The topological polar surface area (TPSA) is 61.6 Å². The fourth-order valence-electron chi connectivity index (χ4n) is 1.85. The molecule has 0 radical (unpaired) electrons. The van der Waals surface area contributed by atoms with Crippen molar-refractivity contribution in [1.82, 2.24) is 0 Å². The first-order valence-corrected chi connectivity index (χ1v) is 9.87. The second kappa shape index (κ2) is 9.54. The first-order valence-electron chi connectivity index (χ1n) is 7.65. The van der Waals surface area contributed by atoms with E-state index in [2.05, 4.69) is 44.4 Å². The SMILES string of the molecule is C[NH+](C)Cc1ccccc1.O=S(=O)([O-])C(F)(F)C(F)(F)Sc1ccccc1. The van der Waals surface area contributed by atoms with Gasteiger partial charge in [0.1, 0.15) is 6.54 Å². The molecule has 0 saturated heterocycles. The van der Waals surface area contributed by atoms with E-state index in [1.165, 1.54) is 28.7 Å². The molecule has 0 amide bonds. The quantitative estimate of drug-likeness (QED) is 0.439. The smallest absolute Gasteiger partial charge is 0.406 e. The summed E-state index contributed by atoms with van der Waals surface area (Å²) in [5, 5.41) is -10.7. The fraction of sp³-hybridized carbons (Fsp3) is 0.294.